The molecule has 6 heteroatoms. The van der Waals surface area contributed by atoms with Crippen molar-refractivity contribution in [3.05, 3.63) is 18.2 Å². The molecular formula is C12H15N3O3. The van der Waals surface area contributed by atoms with Gasteiger partial charge in [0.2, 0.25) is 0 Å². The summed E-state index contributed by atoms with van der Waals surface area (Å²) in [6.45, 7) is 5.38. The van der Waals surface area contributed by atoms with Crippen LogP contribution in [0.2, 0.25) is 0 Å². The Bertz CT molecular complexity index is 584. The number of hydrogen-bond acceptors (Lipinski definition) is 5. The van der Waals surface area contributed by atoms with Crippen LogP contribution in [0.4, 0.5) is 4.79 Å². The van der Waals surface area contributed by atoms with Crippen LogP contribution in [0.5, 0.6) is 5.75 Å². The molecule has 0 amide bonds. The van der Waals surface area contributed by atoms with Crippen molar-refractivity contribution in [3.63, 3.8) is 0 Å². The Kier molecular flexibility index (Phi) is 2.94. The Labute approximate surface area is 104 Å². The van der Waals surface area contributed by atoms with E-state index in [1.54, 1.807) is 39.0 Å². The fourth-order valence-electron chi connectivity index (χ4n) is 1.54. The number of hydrogen-bond donors (Lipinski definition) is 0. The molecule has 6 nitrogen and oxygen atoms in total. The Morgan fingerprint density at radius 2 is 2.06 bits per heavy atom. The summed E-state index contributed by atoms with van der Waals surface area (Å²) in [4.78, 5) is 12.0. The molecule has 2 rings (SSSR count). The zero-order valence-corrected chi connectivity index (χ0v) is 10.8. The van der Waals surface area contributed by atoms with Crippen LogP contribution in [0, 0.1) is 0 Å². The van der Waals surface area contributed by atoms with Gasteiger partial charge in [-0.05, 0) is 32.9 Å². The third kappa shape index (κ3) is 2.27. The fourth-order valence-corrected chi connectivity index (χ4v) is 1.54. The van der Waals surface area contributed by atoms with Gasteiger partial charge < -0.3 is 9.47 Å². The molecule has 0 spiro atoms. The molecule has 96 valence electrons. The number of rotatable bonds is 1. The van der Waals surface area contributed by atoms with Crippen LogP contribution < -0.4 is 4.74 Å². The second kappa shape index (κ2) is 4.29. The van der Waals surface area contributed by atoms with Gasteiger partial charge in [0.25, 0.3) is 0 Å². The molecule has 0 atom stereocenters. The first-order valence-corrected chi connectivity index (χ1v) is 5.54. The molecule has 0 aliphatic rings. The lowest BCUT2D eigenvalue weighted by molar-refractivity contribution is 0.0518. The van der Waals surface area contributed by atoms with Crippen molar-refractivity contribution in [1.82, 2.24) is 15.0 Å². The van der Waals surface area contributed by atoms with E-state index in [1.165, 1.54) is 7.11 Å². The van der Waals surface area contributed by atoms with E-state index < -0.39 is 11.7 Å². The summed E-state index contributed by atoms with van der Waals surface area (Å²) in [5.41, 5.74) is 0.506. The van der Waals surface area contributed by atoms with E-state index in [0.29, 0.717) is 16.8 Å². The summed E-state index contributed by atoms with van der Waals surface area (Å²) < 4.78 is 11.6. The summed E-state index contributed by atoms with van der Waals surface area (Å²) in [6.07, 6.45) is -0.575. The molecule has 0 saturated carbocycles. The van der Waals surface area contributed by atoms with Crippen molar-refractivity contribution in [2.75, 3.05) is 7.11 Å². The van der Waals surface area contributed by atoms with Gasteiger partial charge in [0.05, 0.1) is 7.11 Å². The zero-order valence-electron chi connectivity index (χ0n) is 10.8. The van der Waals surface area contributed by atoms with Crippen molar-refractivity contribution < 1.29 is 14.3 Å². The van der Waals surface area contributed by atoms with E-state index in [1.807, 2.05) is 0 Å². The number of ether oxygens (including phenoxy) is 2. The number of aromatic nitrogens is 3. The number of para-hydroxylation sites is 1. The summed E-state index contributed by atoms with van der Waals surface area (Å²) in [5, 5.41) is 7.71. The Morgan fingerprint density at radius 1 is 1.33 bits per heavy atom. The first-order valence-electron chi connectivity index (χ1n) is 5.54. The molecule has 0 unspecified atom stereocenters. The number of nitrogens with zero attached hydrogens (tertiary/aromatic N) is 3. The normalized spacial score (nSPS) is 11.6. The first kappa shape index (κ1) is 12.3. The van der Waals surface area contributed by atoms with E-state index in [-0.39, 0.29) is 0 Å². The fraction of sp³-hybridized carbons (Fsp3) is 0.417. The van der Waals surface area contributed by atoms with Crippen LogP contribution in [0.15, 0.2) is 18.2 Å². The number of benzene rings is 1. The Balaban J connectivity index is 2.48. The minimum absolute atomic E-state index is 0.509. The highest BCUT2D eigenvalue weighted by Gasteiger charge is 2.22. The standard InChI is InChI=1S/C12H15N3O3/c1-12(2,3)18-11(16)15-10-8(13-14-15)6-5-7-9(10)17-4/h5-7H,1-4H3. The minimum atomic E-state index is -0.586. The molecule has 0 saturated heterocycles. The summed E-state index contributed by atoms with van der Waals surface area (Å²) >= 11 is 0. The predicted molar refractivity (Wildman–Crippen MR) is 65.7 cm³/mol. The second-order valence-corrected chi connectivity index (χ2v) is 4.81. The van der Waals surface area contributed by atoms with Gasteiger partial charge in [-0.15, -0.1) is 9.78 Å². The molecule has 0 fully saturated rings. The zero-order chi connectivity index (χ0) is 13.3. The summed E-state index contributed by atoms with van der Waals surface area (Å²) in [7, 11) is 1.53. The average molecular weight is 249 g/mol. The highest BCUT2D eigenvalue weighted by Crippen LogP contribution is 2.24. The van der Waals surface area contributed by atoms with Crippen LogP contribution in [0.25, 0.3) is 11.0 Å². The van der Waals surface area contributed by atoms with Crippen molar-refractivity contribution in [2.24, 2.45) is 0 Å². The van der Waals surface area contributed by atoms with Gasteiger partial charge in [-0.3, -0.25) is 0 Å². The van der Waals surface area contributed by atoms with E-state index in [2.05, 4.69) is 10.3 Å². The second-order valence-electron chi connectivity index (χ2n) is 4.81. The molecule has 0 N–H and O–H groups in total. The Hall–Kier alpha value is -2.11. The number of methoxy groups -OCH3 is 1. The third-order valence-corrected chi connectivity index (χ3v) is 2.22. The molecule has 2 aromatic rings. The lowest BCUT2D eigenvalue weighted by atomic mass is 10.2. The van der Waals surface area contributed by atoms with Gasteiger partial charge in [0, 0.05) is 0 Å². The first-order chi connectivity index (χ1) is 8.42. The van der Waals surface area contributed by atoms with Crippen molar-refractivity contribution in [3.8, 4) is 5.75 Å². The van der Waals surface area contributed by atoms with Crippen molar-refractivity contribution in [1.29, 1.82) is 0 Å². The smallest absolute Gasteiger partial charge is 0.437 e. The van der Waals surface area contributed by atoms with Crippen molar-refractivity contribution >= 4 is 17.1 Å². The number of carbonyl (C=O) groups is 1. The van der Waals surface area contributed by atoms with Crippen LogP contribution in [0.3, 0.4) is 0 Å². The van der Waals surface area contributed by atoms with Crippen LogP contribution in [-0.2, 0) is 4.74 Å². The van der Waals surface area contributed by atoms with E-state index in [9.17, 15) is 4.79 Å². The average Bonchev–Trinajstić information content (AvgIpc) is 2.70. The van der Waals surface area contributed by atoms with E-state index in [4.69, 9.17) is 9.47 Å². The predicted octanol–water partition coefficient (Wildman–Crippen LogP) is 2.22. The molecule has 0 radical (unpaired) electrons. The maximum Gasteiger partial charge on any atom is 0.437 e. The highest BCUT2D eigenvalue weighted by atomic mass is 16.6. The number of carbonyl (C=O) groups excluding carboxylic acids is 1. The summed E-state index contributed by atoms with van der Waals surface area (Å²) in [6, 6.07) is 5.29. The molecule has 18 heavy (non-hydrogen) atoms. The topological polar surface area (TPSA) is 66.2 Å². The largest absolute Gasteiger partial charge is 0.494 e. The van der Waals surface area contributed by atoms with Gasteiger partial charge in [0.15, 0.2) is 0 Å². The molecule has 1 aromatic carbocycles. The summed E-state index contributed by atoms with van der Waals surface area (Å²) in [5.74, 6) is 0.531. The maximum atomic E-state index is 12.0. The van der Waals surface area contributed by atoms with Gasteiger partial charge in [-0.2, -0.15) is 0 Å². The SMILES string of the molecule is COc1cccc2nnn(C(=O)OC(C)(C)C)c12. The van der Waals surface area contributed by atoms with Crippen LogP contribution in [0.1, 0.15) is 20.8 Å². The van der Waals surface area contributed by atoms with Gasteiger partial charge in [-0.25, -0.2) is 4.79 Å². The Morgan fingerprint density at radius 3 is 2.67 bits per heavy atom. The third-order valence-electron chi connectivity index (χ3n) is 2.22. The monoisotopic (exact) mass is 249 g/mol. The van der Waals surface area contributed by atoms with Gasteiger partial charge >= 0.3 is 6.09 Å². The van der Waals surface area contributed by atoms with E-state index >= 15 is 0 Å². The quantitative estimate of drug-likeness (QED) is 0.775. The van der Waals surface area contributed by atoms with Crippen molar-refractivity contribution in [2.45, 2.75) is 26.4 Å². The lowest BCUT2D eigenvalue weighted by Crippen LogP contribution is -2.27. The molecule has 0 aliphatic carbocycles. The lowest BCUT2D eigenvalue weighted by Gasteiger charge is -2.19. The van der Waals surface area contributed by atoms with Crippen LogP contribution >= 0.6 is 0 Å². The van der Waals surface area contributed by atoms with Gasteiger partial charge in [-0.1, -0.05) is 11.3 Å². The molecule has 1 heterocycles. The molecule has 0 aliphatic heterocycles. The maximum absolute atomic E-state index is 12.0. The molecule has 0 bridgehead atoms. The molecular weight excluding hydrogens is 234 g/mol. The highest BCUT2D eigenvalue weighted by molar-refractivity contribution is 5.89. The molecule has 1 aromatic heterocycles. The van der Waals surface area contributed by atoms with Gasteiger partial charge in [0.1, 0.15) is 22.4 Å². The van der Waals surface area contributed by atoms with E-state index in [0.717, 1.165) is 4.68 Å². The van der Waals surface area contributed by atoms with Crippen LogP contribution in [-0.4, -0.2) is 33.8 Å². The number of fused-ring (bicyclic) bond motifs is 1. The minimum Gasteiger partial charge on any atom is -0.494 e.